The van der Waals surface area contributed by atoms with E-state index in [0.29, 0.717) is 24.5 Å². The van der Waals surface area contributed by atoms with Gasteiger partial charge in [0.2, 0.25) is 0 Å². The second kappa shape index (κ2) is 8.14. The number of carbonyl (C=O) groups excluding carboxylic acids is 1. The molecule has 1 unspecified atom stereocenters. The van der Waals surface area contributed by atoms with Gasteiger partial charge >= 0.3 is 0 Å². The number of benzene rings is 2. The number of amides is 1. The van der Waals surface area contributed by atoms with E-state index in [2.05, 4.69) is 15.4 Å². The van der Waals surface area contributed by atoms with Crippen LogP contribution in [0.25, 0.3) is 11.3 Å². The highest BCUT2D eigenvalue weighted by Crippen LogP contribution is 2.22. The molecule has 0 bridgehead atoms. The molecule has 1 aromatic heterocycles. The van der Waals surface area contributed by atoms with Crippen molar-refractivity contribution in [1.29, 1.82) is 0 Å². The molecule has 6 heteroatoms. The lowest BCUT2D eigenvalue weighted by Gasteiger charge is -2.25. The average Bonchev–Trinajstić information content (AvgIpc) is 3.40. The molecule has 1 fully saturated rings. The van der Waals surface area contributed by atoms with E-state index in [-0.39, 0.29) is 12.0 Å². The van der Waals surface area contributed by atoms with Gasteiger partial charge in [-0.3, -0.25) is 4.79 Å². The molecular weight excluding hydrogens is 340 g/mol. The highest BCUT2D eigenvalue weighted by atomic mass is 16.5. The van der Waals surface area contributed by atoms with Gasteiger partial charge in [0.15, 0.2) is 5.69 Å². The van der Waals surface area contributed by atoms with E-state index >= 15 is 0 Å². The van der Waals surface area contributed by atoms with Crippen LogP contribution in [0.1, 0.15) is 28.9 Å². The Kier molecular flexibility index (Phi) is 5.25. The number of nitrogens with zero attached hydrogens (tertiary/aromatic N) is 3. The van der Waals surface area contributed by atoms with Crippen LogP contribution in [0.3, 0.4) is 0 Å². The molecule has 1 N–H and O–H groups in total. The third-order valence-corrected chi connectivity index (χ3v) is 4.75. The van der Waals surface area contributed by atoms with Crippen LogP contribution in [0.2, 0.25) is 0 Å². The van der Waals surface area contributed by atoms with Gasteiger partial charge in [-0.25, -0.2) is 0 Å². The van der Waals surface area contributed by atoms with Crippen LogP contribution in [0.15, 0.2) is 60.7 Å². The summed E-state index contributed by atoms with van der Waals surface area (Å²) in [7, 11) is 0. The normalized spacial score (nSPS) is 16.4. The highest BCUT2D eigenvalue weighted by molar-refractivity contribution is 5.97. The van der Waals surface area contributed by atoms with Crippen LogP contribution in [0.5, 0.6) is 0 Å². The molecular formula is C21H22N4O2. The van der Waals surface area contributed by atoms with Crippen molar-refractivity contribution < 1.29 is 9.53 Å². The molecule has 2 heterocycles. The van der Waals surface area contributed by atoms with Gasteiger partial charge in [0.25, 0.3) is 5.91 Å². The van der Waals surface area contributed by atoms with Crippen molar-refractivity contribution in [3.8, 4) is 11.3 Å². The molecule has 1 aliphatic rings. The Morgan fingerprint density at radius 3 is 2.52 bits per heavy atom. The molecule has 1 amide bonds. The number of H-pyrrole nitrogens is 1. The van der Waals surface area contributed by atoms with Crippen LogP contribution in [-0.4, -0.2) is 45.5 Å². The third kappa shape index (κ3) is 4.06. The summed E-state index contributed by atoms with van der Waals surface area (Å²) in [6, 6.07) is 19.6. The smallest absolute Gasteiger partial charge is 0.277 e. The first-order chi connectivity index (χ1) is 13.3. The van der Waals surface area contributed by atoms with E-state index in [0.717, 1.165) is 30.6 Å². The number of nitrogens with one attached hydrogen (secondary N) is 1. The second-order valence-corrected chi connectivity index (χ2v) is 6.69. The zero-order chi connectivity index (χ0) is 18.5. The van der Waals surface area contributed by atoms with Gasteiger partial charge in [-0.15, -0.1) is 0 Å². The molecule has 0 spiro atoms. The predicted octanol–water partition coefficient (Wildman–Crippen LogP) is 3.29. The highest BCUT2D eigenvalue weighted by Gasteiger charge is 2.27. The van der Waals surface area contributed by atoms with Crippen LogP contribution < -0.4 is 0 Å². The number of hydrogen-bond donors (Lipinski definition) is 1. The number of rotatable bonds is 6. The molecule has 4 rings (SSSR count). The fourth-order valence-electron chi connectivity index (χ4n) is 3.38. The number of carbonyl (C=O) groups is 1. The van der Waals surface area contributed by atoms with Crippen molar-refractivity contribution in [2.24, 2.45) is 0 Å². The van der Waals surface area contributed by atoms with Gasteiger partial charge in [-0.1, -0.05) is 60.7 Å². The van der Waals surface area contributed by atoms with Crippen LogP contribution in [-0.2, 0) is 11.3 Å². The van der Waals surface area contributed by atoms with Crippen molar-refractivity contribution >= 4 is 5.91 Å². The molecule has 27 heavy (non-hydrogen) atoms. The van der Waals surface area contributed by atoms with Crippen LogP contribution in [0.4, 0.5) is 0 Å². The number of aromatic nitrogens is 3. The maximum Gasteiger partial charge on any atom is 0.277 e. The van der Waals surface area contributed by atoms with Crippen molar-refractivity contribution in [2.45, 2.75) is 25.5 Å². The van der Waals surface area contributed by atoms with Crippen molar-refractivity contribution in [2.75, 3.05) is 13.2 Å². The zero-order valence-corrected chi connectivity index (χ0v) is 15.0. The molecule has 2 aromatic carbocycles. The molecule has 0 radical (unpaired) electrons. The Labute approximate surface area is 158 Å². The largest absolute Gasteiger partial charge is 0.376 e. The Bertz CT molecular complexity index is 873. The summed E-state index contributed by atoms with van der Waals surface area (Å²) >= 11 is 0. The molecule has 3 aromatic rings. The minimum atomic E-state index is -0.137. The molecule has 1 saturated heterocycles. The summed E-state index contributed by atoms with van der Waals surface area (Å²) in [5, 5.41) is 11.0. The minimum absolute atomic E-state index is 0.0738. The van der Waals surface area contributed by atoms with E-state index in [1.54, 1.807) is 0 Å². The summed E-state index contributed by atoms with van der Waals surface area (Å²) in [5.74, 6) is -0.137. The average molecular weight is 362 g/mol. The maximum absolute atomic E-state index is 13.3. The monoisotopic (exact) mass is 362 g/mol. The minimum Gasteiger partial charge on any atom is -0.376 e. The van der Waals surface area contributed by atoms with Crippen molar-refractivity contribution in [1.82, 2.24) is 20.3 Å². The van der Waals surface area contributed by atoms with E-state index in [4.69, 9.17) is 4.74 Å². The van der Waals surface area contributed by atoms with Gasteiger partial charge in [0.05, 0.1) is 6.10 Å². The fraction of sp³-hybridized carbons (Fsp3) is 0.286. The van der Waals surface area contributed by atoms with Gasteiger partial charge in [0.1, 0.15) is 5.69 Å². The first-order valence-electron chi connectivity index (χ1n) is 9.22. The van der Waals surface area contributed by atoms with Crippen molar-refractivity contribution in [3.63, 3.8) is 0 Å². The first-order valence-corrected chi connectivity index (χ1v) is 9.22. The topological polar surface area (TPSA) is 71.1 Å². The molecule has 0 saturated carbocycles. The maximum atomic E-state index is 13.3. The molecule has 1 atom stereocenters. The van der Waals surface area contributed by atoms with E-state index in [1.807, 2.05) is 65.6 Å². The summed E-state index contributed by atoms with van der Waals surface area (Å²) in [6.07, 6.45) is 2.09. The SMILES string of the molecule is O=C(c1n[nH]nc1-c1ccccc1)N(Cc1ccccc1)CC1CCCO1. The summed E-state index contributed by atoms with van der Waals surface area (Å²) in [5.41, 5.74) is 2.86. The van der Waals surface area contributed by atoms with Crippen LogP contribution in [0, 0.1) is 0 Å². The number of ether oxygens (including phenoxy) is 1. The lowest BCUT2D eigenvalue weighted by Crippen LogP contribution is -2.37. The van der Waals surface area contributed by atoms with Gasteiger partial charge < -0.3 is 9.64 Å². The van der Waals surface area contributed by atoms with Gasteiger partial charge in [-0.2, -0.15) is 15.4 Å². The fourth-order valence-corrected chi connectivity index (χ4v) is 3.38. The standard InChI is InChI=1S/C21H22N4O2/c26-21(20-19(22-24-23-20)17-10-5-2-6-11-17)25(15-18-12-7-13-27-18)14-16-8-3-1-4-9-16/h1-6,8-11,18H,7,12-15H2,(H,22,23,24). The van der Waals surface area contributed by atoms with Gasteiger partial charge in [0, 0.05) is 25.3 Å². The lowest BCUT2D eigenvalue weighted by molar-refractivity contribution is 0.0503. The number of aromatic amines is 1. The Hall–Kier alpha value is -2.99. The molecule has 1 aliphatic heterocycles. The lowest BCUT2D eigenvalue weighted by atomic mass is 10.1. The van der Waals surface area contributed by atoms with E-state index in [9.17, 15) is 4.79 Å². The van der Waals surface area contributed by atoms with Crippen LogP contribution >= 0.6 is 0 Å². The molecule has 138 valence electrons. The Morgan fingerprint density at radius 2 is 1.81 bits per heavy atom. The summed E-state index contributed by atoms with van der Waals surface area (Å²) < 4.78 is 5.77. The van der Waals surface area contributed by atoms with E-state index in [1.165, 1.54) is 0 Å². The van der Waals surface area contributed by atoms with E-state index < -0.39 is 0 Å². The predicted molar refractivity (Wildman–Crippen MR) is 102 cm³/mol. The number of hydrogen-bond acceptors (Lipinski definition) is 4. The van der Waals surface area contributed by atoms with Gasteiger partial charge in [-0.05, 0) is 18.4 Å². The summed E-state index contributed by atoms with van der Waals surface area (Å²) in [4.78, 5) is 15.2. The molecule has 0 aliphatic carbocycles. The second-order valence-electron chi connectivity index (χ2n) is 6.69. The zero-order valence-electron chi connectivity index (χ0n) is 15.0. The van der Waals surface area contributed by atoms with Crippen molar-refractivity contribution in [3.05, 3.63) is 71.9 Å². The third-order valence-electron chi connectivity index (χ3n) is 4.75. The Morgan fingerprint density at radius 1 is 1.07 bits per heavy atom. The summed E-state index contributed by atoms with van der Waals surface area (Å²) in [6.45, 7) is 1.83. The quantitative estimate of drug-likeness (QED) is 0.730. The Balaban J connectivity index is 1.61. The molecule has 6 nitrogen and oxygen atoms in total. The first kappa shape index (κ1) is 17.4.